The van der Waals surface area contributed by atoms with Crippen LogP contribution in [-0.4, -0.2) is 67.3 Å². The number of nitrogens with zero attached hydrogens (tertiary/aromatic N) is 4. The van der Waals surface area contributed by atoms with Gasteiger partial charge < -0.3 is 19.5 Å². The Morgan fingerprint density at radius 2 is 2.07 bits per heavy atom. The summed E-state index contributed by atoms with van der Waals surface area (Å²) in [6.07, 6.45) is 2.01. The first-order valence-corrected chi connectivity index (χ1v) is 10.1. The maximum atomic E-state index is 5.59. The predicted octanol–water partition coefficient (Wildman–Crippen LogP) is 1.85. The van der Waals surface area contributed by atoms with E-state index in [1.807, 2.05) is 20.0 Å². The van der Waals surface area contributed by atoms with E-state index in [1.165, 1.54) is 11.1 Å². The molecule has 7 heteroatoms. The lowest BCUT2D eigenvalue weighted by Gasteiger charge is -2.36. The van der Waals surface area contributed by atoms with Gasteiger partial charge in [-0.3, -0.25) is 9.89 Å². The molecule has 0 atom stereocenters. The van der Waals surface area contributed by atoms with Crippen LogP contribution >= 0.6 is 0 Å². The van der Waals surface area contributed by atoms with Gasteiger partial charge in [-0.2, -0.15) is 0 Å². The average Bonchev–Trinajstić information content (AvgIpc) is 3.34. The molecule has 28 heavy (non-hydrogen) atoms. The summed E-state index contributed by atoms with van der Waals surface area (Å²) in [6, 6.07) is 8.55. The van der Waals surface area contributed by atoms with Crippen LogP contribution in [0.15, 0.2) is 33.8 Å². The Kier molecular flexibility index (Phi) is 5.81. The van der Waals surface area contributed by atoms with Crippen LogP contribution in [0.1, 0.15) is 22.6 Å². The molecule has 4 rings (SSSR count). The molecule has 2 aliphatic heterocycles. The first kappa shape index (κ1) is 18.8. The number of aliphatic imine (C=N–C) groups is 1. The number of fused-ring (bicyclic) bond motifs is 1. The van der Waals surface area contributed by atoms with E-state index in [-0.39, 0.29) is 0 Å². The third kappa shape index (κ3) is 4.47. The molecule has 0 unspecified atom stereocenters. The van der Waals surface area contributed by atoms with E-state index in [1.54, 1.807) is 0 Å². The second kappa shape index (κ2) is 8.65. The number of piperazine rings is 1. The molecule has 0 radical (unpaired) electrons. The zero-order valence-corrected chi connectivity index (χ0v) is 16.8. The minimum Gasteiger partial charge on any atom is -0.493 e. The molecule has 0 bridgehead atoms. The van der Waals surface area contributed by atoms with Gasteiger partial charge in [-0.1, -0.05) is 17.3 Å². The maximum absolute atomic E-state index is 5.59. The molecule has 7 nitrogen and oxygen atoms in total. The topological polar surface area (TPSA) is 66.1 Å². The molecule has 1 saturated heterocycles. The normalized spacial score (nSPS) is 17.5. The summed E-state index contributed by atoms with van der Waals surface area (Å²) in [5, 5.41) is 7.62. The summed E-state index contributed by atoms with van der Waals surface area (Å²) in [5.74, 6) is 2.90. The van der Waals surface area contributed by atoms with Crippen LogP contribution in [0.25, 0.3) is 0 Å². The lowest BCUT2D eigenvalue weighted by atomic mass is 10.1. The van der Waals surface area contributed by atoms with Crippen molar-refractivity contribution in [1.82, 2.24) is 20.3 Å². The van der Waals surface area contributed by atoms with Crippen LogP contribution < -0.4 is 10.1 Å². The highest BCUT2D eigenvalue weighted by atomic mass is 16.5. The molecule has 0 saturated carbocycles. The van der Waals surface area contributed by atoms with Gasteiger partial charge in [0.2, 0.25) is 0 Å². The van der Waals surface area contributed by atoms with Gasteiger partial charge in [0.25, 0.3) is 0 Å². The maximum Gasteiger partial charge on any atom is 0.193 e. The van der Waals surface area contributed by atoms with Gasteiger partial charge in [0.15, 0.2) is 5.96 Å². The second-order valence-corrected chi connectivity index (χ2v) is 7.46. The number of aryl methyl sites for hydroxylation is 1. The minimum atomic E-state index is 0.811. The fourth-order valence-electron chi connectivity index (χ4n) is 3.89. The third-order valence-corrected chi connectivity index (χ3v) is 5.40. The third-order valence-electron chi connectivity index (χ3n) is 5.40. The second-order valence-electron chi connectivity index (χ2n) is 7.46. The van der Waals surface area contributed by atoms with Crippen molar-refractivity contribution in [3.05, 3.63) is 46.8 Å². The van der Waals surface area contributed by atoms with Crippen molar-refractivity contribution in [1.29, 1.82) is 0 Å². The van der Waals surface area contributed by atoms with Crippen LogP contribution in [-0.2, 0) is 19.4 Å². The Bertz CT molecular complexity index is 824. The van der Waals surface area contributed by atoms with E-state index in [0.29, 0.717) is 0 Å². The van der Waals surface area contributed by atoms with Crippen LogP contribution in [0.4, 0.5) is 0 Å². The Balaban J connectivity index is 1.22. The van der Waals surface area contributed by atoms with E-state index in [9.17, 15) is 0 Å². The number of hydrogen-bond donors (Lipinski definition) is 1. The van der Waals surface area contributed by atoms with Crippen molar-refractivity contribution in [3.8, 4) is 5.75 Å². The van der Waals surface area contributed by atoms with E-state index in [0.717, 1.165) is 81.9 Å². The fourth-order valence-corrected chi connectivity index (χ4v) is 3.89. The summed E-state index contributed by atoms with van der Waals surface area (Å²) in [6.45, 7) is 8.39. The highest BCUT2D eigenvalue weighted by Gasteiger charge is 2.20. The summed E-state index contributed by atoms with van der Waals surface area (Å²) in [7, 11) is 1.86. The SMILES string of the molecule is CN=C(NCCc1ccc2c(c1)CCO2)N1CCN(Cc2cc(C)on2)CC1. The molecule has 0 amide bonds. The summed E-state index contributed by atoms with van der Waals surface area (Å²) in [4.78, 5) is 9.22. The molecule has 3 heterocycles. The Morgan fingerprint density at radius 1 is 1.21 bits per heavy atom. The van der Waals surface area contributed by atoms with Gasteiger partial charge in [-0.25, -0.2) is 0 Å². The smallest absolute Gasteiger partial charge is 0.193 e. The first-order valence-electron chi connectivity index (χ1n) is 10.1. The van der Waals surface area contributed by atoms with Crippen LogP contribution in [0.5, 0.6) is 5.75 Å². The van der Waals surface area contributed by atoms with Crippen molar-refractivity contribution in [2.45, 2.75) is 26.3 Å². The number of aromatic nitrogens is 1. The molecule has 1 aromatic heterocycles. The molecule has 2 aliphatic rings. The molecule has 1 N–H and O–H groups in total. The Hall–Kier alpha value is -2.54. The molecular weight excluding hydrogens is 354 g/mol. The Morgan fingerprint density at radius 3 is 2.82 bits per heavy atom. The zero-order chi connectivity index (χ0) is 19.3. The lowest BCUT2D eigenvalue weighted by Crippen LogP contribution is -2.52. The lowest BCUT2D eigenvalue weighted by molar-refractivity contribution is 0.169. The van der Waals surface area contributed by atoms with Gasteiger partial charge in [0.05, 0.1) is 12.3 Å². The summed E-state index contributed by atoms with van der Waals surface area (Å²) >= 11 is 0. The van der Waals surface area contributed by atoms with Crippen LogP contribution in [0.3, 0.4) is 0 Å². The van der Waals surface area contributed by atoms with Crippen molar-refractivity contribution < 1.29 is 9.26 Å². The monoisotopic (exact) mass is 383 g/mol. The molecule has 2 aromatic rings. The van der Waals surface area contributed by atoms with E-state index >= 15 is 0 Å². The molecular formula is C21H29N5O2. The zero-order valence-electron chi connectivity index (χ0n) is 16.8. The van der Waals surface area contributed by atoms with Gasteiger partial charge in [-0.05, 0) is 30.5 Å². The highest BCUT2D eigenvalue weighted by Crippen LogP contribution is 2.25. The van der Waals surface area contributed by atoms with E-state index in [4.69, 9.17) is 9.26 Å². The van der Waals surface area contributed by atoms with E-state index in [2.05, 4.69) is 43.5 Å². The predicted molar refractivity (Wildman–Crippen MR) is 109 cm³/mol. The Labute approximate surface area is 166 Å². The number of benzene rings is 1. The first-order chi connectivity index (χ1) is 13.7. The molecule has 1 fully saturated rings. The quantitative estimate of drug-likeness (QED) is 0.628. The van der Waals surface area contributed by atoms with Gasteiger partial charge in [-0.15, -0.1) is 0 Å². The van der Waals surface area contributed by atoms with Gasteiger partial charge >= 0.3 is 0 Å². The van der Waals surface area contributed by atoms with Crippen LogP contribution in [0.2, 0.25) is 0 Å². The summed E-state index contributed by atoms with van der Waals surface area (Å²) < 4.78 is 10.8. The largest absolute Gasteiger partial charge is 0.493 e. The molecule has 150 valence electrons. The average molecular weight is 383 g/mol. The number of guanidine groups is 1. The number of hydrogen-bond acceptors (Lipinski definition) is 5. The van der Waals surface area contributed by atoms with Gasteiger partial charge in [0.1, 0.15) is 11.5 Å². The van der Waals surface area contributed by atoms with E-state index < -0.39 is 0 Å². The van der Waals surface area contributed by atoms with Crippen molar-refractivity contribution in [2.24, 2.45) is 4.99 Å². The van der Waals surface area contributed by atoms with Crippen molar-refractivity contribution in [3.63, 3.8) is 0 Å². The minimum absolute atomic E-state index is 0.811. The van der Waals surface area contributed by atoms with Crippen molar-refractivity contribution >= 4 is 5.96 Å². The number of nitrogens with one attached hydrogen (secondary N) is 1. The van der Waals surface area contributed by atoms with Gasteiger partial charge in [0, 0.05) is 58.8 Å². The molecule has 0 spiro atoms. The number of ether oxygens (including phenoxy) is 1. The molecule has 1 aromatic carbocycles. The fraction of sp³-hybridized carbons (Fsp3) is 0.524. The van der Waals surface area contributed by atoms with Crippen LogP contribution in [0, 0.1) is 6.92 Å². The number of rotatable bonds is 5. The summed E-state index contributed by atoms with van der Waals surface area (Å²) in [5.41, 5.74) is 3.69. The van der Waals surface area contributed by atoms with Crippen molar-refractivity contribution in [2.75, 3.05) is 46.4 Å². The standard InChI is InChI=1S/C21H29N5O2/c1-16-13-19(24-28-16)15-25-8-10-26(11-9-25)21(22-2)23-7-5-17-3-4-20-18(14-17)6-12-27-20/h3-4,13-14H,5-12,15H2,1-2H3,(H,22,23). The highest BCUT2D eigenvalue weighted by molar-refractivity contribution is 5.80. The molecule has 0 aliphatic carbocycles.